The van der Waals surface area contributed by atoms with Crippen LogP contribution in [0.2, 0.25) is 0 Å². The minimum absolute atomic E-state index is 0.102. The highest BCUT2D eigenvalue weighted by atomic mass is 15.2. The zero-order chi connectivity index (χ0) is 12.3. The van der Waals surface area contributed by atoms with Gasteiger partial charge in [-0.25, -0.2) is 0 Å². The van der Waals surface area contributed by atoms with E-state index in [1.807, 2.05) is 31.6 Å². The van der Waals surface area contributed by atoms with Gasteiger partial charge in [-0.05, 0) is 24.6 Å². The van der Waals surface area contributed by atoms with E-state index >= 15 is 0 Å². The first kappa shape index (κ1) is 11.7. The number of hydrogen-bond acceptors (Lipinski definition) is 3. The van der Waals surface area contributed by atoms with Crippen LogP contribution in [-0.2, 0) is 7.05 Å². The highest BCUT2D eigenvalue weighted by molar-refractivity contribution is 5.47. The molecule has 0 radical (unpaired) electrons. The molecule has 1 atom stereocenters. The van der Waals surface area contributed by atoms with E-state index in [1.165, 1.54) is 5.56 Å². The van der Waals surface area contributed by atoms with Gasteiger partial charge in [0.1, 0.15) is 0 Å². The minimum Gasteiger partial charge on any atom is -0.377 e. The summed E-state index contributed by atoms with van der Waals surface area (Å²) < 4.78 is 1.79. The lowest BCUT2D eigenvalue weighted by atomic mass is 10.1. The Morgan fingerprint density at radius 2 is 2.29 bits per heavy atom. The van der Waals surface area contributed by atoms with Crippen molar-refractivity contribution < 1.29 is 0 Å². The maximum absolute atomic E-state index is 5.80. The molecule has 1 aromatic carbocycles. The smallest absolute Gasteiger partial charge is 0.0667 e. The maximum atomic E-state index is 5.80. The van der Waals surface area contributed by atoms with Crippen molar-refractivity contribution in [3.8, 4) is 0 Å². The van der Waals surface area contributed by atoms with Crippen LogP contribution in [0.15, 0.2) is 36.7 Å². The largest absolute Gasteiger partial charge is 0.377 e. The summed E-state index contributed by atoms with van der Waals surface area (Å²) in [4.78, 5) is 0. The van der Waals surface area contributed by atoms with Crippen molar-refractivity contribution in [1.29, 1.82) is 0 Å². The first-order valence-corrected chi connectivity index (χ1v) is 5.71. The molecule has 1 unspecified atom stereocenters. The van der Waals surface area contributed by atoms with Crippen LogP contribution in [-0.4, -0.2) is 16.3 Å². The van der Waals surface area contributed by atoms with Crippen LogP contribution >= 0.6 is 0 Å². The molecule has 1 heterocycles. The van der Waals surface area contributed by atoms with Gasteiger partial charge in [-0.1, -0.05) is 12.1 Å². The van der Waals surface area contributed by atoms with Gasteiger partial charge in [0.25, 0.3) is 0 Å². The van der Waals surface area contributed by atoms with E-state index in [0.717, 1.165) is 11.3 Å². The Kier molecular flexibility index (Phi) is 3.44. The molecule has 2 rings (SSSR count). The molecule has 0 aliphatic carbocycles. The molecule has 2 aromatic rings. The van der Waals surface area contributed by atoms with Crippen LogP contribution in [0.25, 0.3) is 0 Å². The molecular formula is C13H18N4. The third-order valence-electron chi connectivity index (χ3n) is 2.72. The number of nitrogens with zero attached hydrogens (tertiary/aromatic N) is 2. The average molecular weight is 230 g/mol. The summed E-state index contributed by atoms with van der Waals surface area (Å²) in [5.74, 6) is 0. The van der Waals surface area contributed by atoms with Gasteiger partial charge in [-0.15, -0.1) is 0 Å². The number of rotatable bonds is 4. The fourth-order valence-corrected chi connectivity index (χ4v) is 1.83. The van der Waals surface area contributed by atoms with Gasteiger partial charge in [0.2, 0.25) is 0 Å². The molecule has 0 saturated heterocycles. The third-order valence-corrected chi connectivity index (χ3v) is 2.72. The second-order valence-corrected chi connectivity index (χ2v) is 4.25. The van der Waals surface area contributed by atoms with Gasteiger partial charge in [0.15, 0.2) is 0 Å². The summed E-state index contributed by atoms with van der Waals surface area (Å²) in [5.41, 5.74) is 9.23. The molecule has 0 spiro atoms. The fraction of sp³-hybridized carbons (Fsp3) is 0.308. The third kappa shape index (κ3) is 2.85. The Labute approximate surface area is 101 Å². The van der Waals surface area contributed by atoms with Crippen LogP contribution < -0.4 is 11.1 Å². The summed E-state index contributed by atoms with van der Waals surface area (Å²) in [5, 5.41) is 7.59. The average Bonchev–Trinajstić information content (AvgIpc) is 2.73. The SMILES string of the molecule is Cc1cccc(NC(CN)c2cnn(C)c2)c1. The molecule has 1 aromatic heterocycles. The number of nitrogens with two attached hydrogens (primary N) is 1. The lowest BCUT2D eigenvalue weighted by molar-refractivity contribution is 0.759. The van der Waals surface area contributed by atoms with E-state index in [2.05, 4.69) is 29.5 Å². The van der Waals surface area contributed by atoms with Crippen molar-refractivity contribution in [2.45, 2.75) is 13.0 Å². The van der Waals surface area contributed by atoms with Crippen molar-refractivity contribution in [1.82, 2.24) is 9.78 Å². The Balaban J connectivity index is 2.15. The number of aryl methyl sites for hydroxylation is 2. The predicted molar refractivity (Wildman–Crippen MR) is 69.8 cm³/mol. The molecule has 17 heavy (non-hydrogen) atoms. The van der Waals surface area contributed by atoms with Gasteiger partial charge in [-0.3, -0.25) is 4.68 Å². The molecule has 0 fully saturated rings. The van der Waals surface area contributed by atoms with Gasteiger partial charge in [-0.2, -0.15) is 5.10 Å². The minimum atomic E-state index is 0.102. The van der Waals surface area contributed by atoms with Crippen LogP contribution in [0.3, 0.4) is 0 Å². The molecule has 4 heteroatoms. The summed E-state index contributed by atoms with van der Waals surface area (Å²) in [6.45, 7) is 2.62. The van der Waals surface area contributed by atoms with Gasteiger partial charge in [0, 0.05) is 31.0 Å². The highest BCUT2D eigenvalue weighted by Crippen LogP contribution is 2.18. The highest BCUT2D eigenvalue weighted by Gasteiger charge is 2.11. The molecule has 0 saturated carbocycles. The number of benzene rings is 1. The molecule has 0 bridgehead atoms. The van der Waals surface area contributed by atoms with Gasteiger partial charge >= 0.3 is 0 Å². The van der Waals surface area contributed by atoms with Crippen LogP contribution in [0, 0.1) is 6.92 Å². The number of aromatic nitrogens is 2. The second-order valence-electron chi connectivity index (χ2n) is 4.25. The second kappa shape index (κ2) is 5.01. The Morgan fingerprint density at radius 3 is 2.88 bits per heavy atom. The quantitative estimate of drug-likeness (QED) is 0.842. The summed E-state index contributed by atoms with van der Waals surface area (Å²) in [6.07, 6.45) is 3.83. The Morgan fingerprint density at radius 1 is 1.47 bits per heavy atom. The topological polar surface area (TPSA) is 55.9 Å². The molecular weight excluding hydrogens is 212 g/mol. The molecule has 3 N–H and O–H groups in total. The normalized spacial score (nSPS) is 12.4. The van der Waals surface area contributed by atoms with Crippen molar-refractivity contribution >= 4 is 5.69 Å². The molecule has 4 nitrogen and oxygen atoms in total. The molecule has 0 aliphatic rings. The Bertz CT molecular complexity index is 490. The van der Waals surface area contributed by atoms with E-state index in [-0.39, 0.29) is 6.04 Å². The van der Waals surface area contributed by atoms with E-state index in [0.29, 0.717) is 6.54 Å². The van der Waals surface area contributed by atoms with Gasteiger partial charge < -0.3 is 11.1 Å². The zero-order valence-corrected chi connectivity index (χ0v) is 10.2. The van der Waals surface area contributed by atoms with Crippen molar-refractivity contribution in [2.75, 3.05) is 11.9 Å². The van der Waals surface area contributed by atoms with E-state index in [9.17, 15) is 0 Å². The molecule has 0 amide bonds. The van der Waals surface area contributed by atoms with Crippen molar-refractivity contribution in [2.24, 2.45) is 12.8 Å². The van der Waals surface area contributed by atoms with E-state index in [1.54, 1.807) is 4.68 Å². The summed E-state index contributed by atoms with van der Waals surface area (Å²) >= 11 is 0. The number of nitrogens with one attached hydrogen (secondary N) is 1. The van der Waals surface area contributed by atoms with Crippen molar-refractivity contribution in [3.63, 3.8) is 0 Å². The van der Waals surface area contributed by atoms with Crippen molar-refractivity contribution in [3.05, 3.63) is 47.8 Å². The van der Waals surface area contributed by atoms with Crippen LogP contribution in [0.1, 0.15) is 17.2 Å². The van der Waals surface area contributed by atoms with Gasteiger partial charge in [0.05, 0.1) is 12.2 Å². The lowest BCUT2D eigenvalue weighted by Crippen LogP contribution is -2.20. The van der Waals surface area contributed by atoms with E-state index in [4.69, 9.17) is 5.73 Å². The first-order chi connectivity index (χ1) is 8.19. The summed E-state index contributed by atoms with van der Waals surface area (Å²) in [6, 6.07) is 8.37. The monoisotopic (exact) mass is 230 g/mol. The zero-order valence-electron chi connectivity index (χ0n) is 10.2. The van der Waals surface area contributed by atoms with E-state index < -0.39 is 0 Å². The standard InChI is InChI=1S/C13H18N4/c1-10-4-3-5-12(6-10)16-13(7-14)11-8-15-17(2)9-11/h3-6,8-9,13,16H,7,14H2,1-2H3. The lowest BCUT2D eigenvalue weighted by Gasteiger charge is -2.16. The number of hydrogen-bond donors (Lipinski definition) is 2. The van der Waals surface area contributed by atoms with Crippen LogP contribution in [0.4, 0.5) is 5.69 Å². The fourth-order valence-electron chi connectivity index (χ4n) is 1.83. The first-order valence-electron chi connectivity index (χ1n) is 5.71. The Hall–Kier alpha value is -1.81. The molecule has 90 valence electrons. The van der Waals surface area contributed by atoms with Crippen LogP contribution in [0.5, 0.6) is 0 Å². The molecule has 0 aliphatic heterocycles. The predicted octanol–water partition coefficient (Wildman–Crippen LogP) is 1.84. The maximum Gasteiger partial charge on any atom is 0.0667 e. The summed E-state index contributed by atoms with van der Waals surface area (Å²) in [7, 11) is 1.91. The number of anilines is 1.